The van der Waals surface area contributed by atoms with E-state index < -0.39 is 18.2 Å². The normalized spacial score (nSPS) is 23.1. The van der Waals surface area contributed by atoms with Crippen molar-refractivity contribution in [3.8, 4) is 11.1 Å². The van der Waals surface area contributed by atoms with Crippen LogP contribution in [0.1, 0.15) is 53.9 Å². The topological polar surface area (TPSA) is 98.7 Å². The van der Waals surface area contributed by atoms with Crippen LogP contribution in [0.3, 0.4) is 0 Å². The number of hydrogen-bond donors (Lipinski definition) is 2. The summed E-state index contributed by atoms with van der Waals surface area (Å²) in [6.07, 6.45) is 2.80. The van der Waals surface area contributed by atoms with E-state index in [-0.39, 0.29) is 25.4 Å². The van der Waals surface area contributed by atoms with E-state index >= 15 is 0 Å². The van der Waals surface area contributed by atoms with E-state index in [2.05, 4.69) is 41.1 Å². The molecule has 0 aliphatic carbocycles. The highest BCUT2D eigenvalue weighted by Crippen LogP contribution is 2.39. The van der Waals surface area contributed by atoms with Gasteiger partial charge in [-0.25, -0.2) is 4.79 Å². The van der Waals surface area contributed by atoms with Gasteiger partial charge in [0, 0.05) is 51.0 Å². The smallest absolute Gasteiger partial charge is 0.407 e. The van der Waals surface area contributed by atoms with Crippen LogP contribution in [0.4, 0.5) is 4.79 Å². The lowest BCUT2D eigenvalue weighted by Crippen LogP contribution is -2.48. The zero-order valence-electron chi connectivity index (χ0n) is 25.6. The van der Waals surface area contributed by atoms with Crippen LogP contribution < -0.4 is 5.32 Å². The number of alkyl carbamates (subject to hydrolysis) is 1. The van der Waals surface area contributed by atoms with Crippen molar-refractivity contribution in [2.24, 2.45) is 0 Å². The molecule has 6 rings (SSSR count). The number of carbonyl (C=O) groups excluding carboxylic acids is 1. The lowest BCUT2D eigenvalue weighted by Gasteiger charge is -2.41. The molecule has 3 aromatic rings. The Bertz CT molecular complexity index is 1410. The van der Waals surface area contributed by atoms with Crippen LogP contribution in [0.2, 0.25) is 0 Å². The SMILES string of the molecule is C=CCOC(=O)NCc1ccccc1-c1ccc([C@@H]2O[C@H](CN3CCC4(CC3)OCCO4)C[C@H](c3ccc(CO)cc3)O2)cc1. The minimum atomic E-state index is -0.533. The lowest BCUT2D eigenvalue weighted by molar-refractivity contribution is -0.255. The monoisotopic (exact) mass is 614 g/mol. The maximum atomic E-state index is 12.0. The van der Waals surface area contributed by atoms with Crippen LogP contribution in [-0.2, 0) is 36.8 Å². The number of carbonyl (C=O) groups is 1. The molecule has 1 amide bonds. The maximum absolute atomic E-state index is 12.0. The van der Waals surface area contributed by atoms with Gasteiger partial charge in [-0.1, -0.05) is 85.5 Å². The molecule has 0 aromatic heterocycles. The van der Waals surface area contributed by atoms with Gasteiger partial charge in [0.15, 0.2) is 12.1 Å². The molecule has 9 nitrogen and oxygen atoms in total. The van der Waals surface area contributed by atoms with Gasteiger partial charge >= 0.3 is 6.09 Å². The molecular weight excluding hydrogens is 572 g/mol. The number of rotatable bonds is 10. The number of aliphatic hydroxyl groups excluding tert-OH is 1. The third kappa shape index (κ3) is 7.81. The van der Waals surface area contributed by atoms with E-state index in [1.165, 1.54) is 6.08 Å². The van der Waals surface area contributed by atoms with Crippen LogP contribution >= 0.6 is 0 Å². The quantitative estimate of drug-likeness (QED) is 0.283. The number of amides is 1. The molecule has 3 aromatic carbocycles. The summed E-state index contributed by atoms with van der Waals surface area (Å²) in [6, 6.07) is 24.2. The fourth-order valence-electron chi connectivity index (χ4n) is 6.31. The predicted octanol–water partition coefficient (Wildman–Crippen LogP) is 5.64. The van der Waals surface area contributed by atoms with Gasteiger partial charge in [0.05, 0.1) is 32.0 Å². The van der Waals surface area contributed by atoms with Crippen LogP contribution in [0.15, 0.2) is 85.5 Å². The number of nitrogens with zero attached hydrogens (tertiary/aromatic N) is 1. The first-order chi connectivity index (χ1) is 22.0. The van der Waals surface area contributed by atoms with Gasteiger partial charge in [-0.15, -0.1) is 0 Å². The van der Waals surface area contributed by atoms with Crippen molar-refractivity contribution in [1.29, 1.82) is 0 Å². The fraction of sp³-hybridized carbons (Fsp3) is 0.417. The minimum Gasteiger partial charge on any atom is -0.445 e. The van der Waals surface area contributed by atoms with Crippen molar-refractivity contribution in [1.82, 2.24) is 10.2 Å². The van der Waals surface area contributed by atoms with Crippen molar-refractivity contribution < 1.29 is 33.6 Å². The van der Waals surface area contributed by atoms with E-state index in [0.29, 0.717) is 19.8 Å². The number of likely N-dealkylation sites (tertiary alicyclic amines) is 1. The zero-order chi connectivity index (χ0) is 31.1. The molecule has 3 aliphatic rings. The molecule has 3 heterocycles. The summed E-state index contributed by atoms with van der Waals surface area (Å²) in [5, 5.41) is 12.3. The van der Waals surface area contributed by atoms with Gasteiger partial charge < -0.3 is 39.0 Å². The molecule has 0 bridgehead atoms. The largest absolute Gasteiger partial charge is 0.445 e. The summed E-state index contributed by atoms with van der Waals surface area (Å²) in [7, 11) is 0. The van der Waals surface area contributed by atoms with E-state index in [1.807, 2.05) is 48.5 Å². The summed E-state index contributed by atoms with van der Waals surface area (Å²) in [4.78, 5) is 14.4. The molecule has 9 heteroatoms. The second-order valence-electron chi connectivity index (χ2n) is 11.8. The van der Waals surface area contributed by atoms with Crippen LogP contribution in [0, 0.1) is 0 Å². The summed E-state index contributed by atoms with van der Waals surface area (Å²) in [5.74, 6) is -0.405. The zero-order valence-corrected chi connectivity index (χ0v) is 25.6. The van der Waals surface area contributed by atoms with E-state index in [9.17, 15) is 9.90 Å². The molecule has 3 saturated heterocycles. The van der Waals surface area contributed by atoms with Crippen LogP contribution in [0.5, 0.6) is 0 Å². The Kier molecular flexibility index (Phi) is 10.2. The first-order valence-electron chi connectivity index (χ1n) is 15.7. The Labute approximate surface area is 264 Å². The van der Waals surface area contributed by atoms with Crippen molar-refractivity contribution in [2.75, 3.05) is 39.5 Å². The van der Waals surface area contributed by atoms with Crippen molar-refractivity contribution in [3.63, 3.8) is 0 Å². The molecule has 1 spiro atoms. The first-order valence-corrected chi connectivity index (χ1v) is 15.7. The Morgan fingerprint density at radius 3 is 2.40 bits per heavy atom. The minimum absolute atomic E-state index is 0.00891. The Morgan fingerprint density at radius 2 is 1.69 bits per heavy atom. The van der Waals surface area contributed by atoms with E-state index in [1.54, 1.807) is 0 Å². The predicted molar refractivity (Wildman–Crippen MR) is 169 cm³/mol. The molecule has 3 atom stereocenters. The molecule has 0 unspecified atom stereocenters. The van der Waals surface area contributed by atoms with E-state index in [0.717, 1.165) is 72.3 Å². The Morgan fingerprint density at radius 1 is 0.978 bits per heavy atom. The number of piperidine rings is 1. The van der Waals surface area contributed by atoms with Crippen molar-refractivity contribution in [3.05, 3.63) is 108 Å². The standard InChI is InChI=1S/C36H42N2O7/c1-2-19-41-35(40)37-23-30-5-3-4-6-32(30)27-11-13-29(14-12-27)34-44-31(22-33(45-34)28-9-7-26(25-39)8-10-28)24-38-17-15-36(16-18-38)42-20-21-43-36/h2-14,31,33-34,39H,1,15-25H2,(H,37,40)/t31-,33+,34+/m0/s1. The van der Waals surface area contributed by atoms with Crippen LogP contribution in [0.25, 0.3) is 11.1 Å². The van der Waals surface area contributed by atoms with Gasteiger partial charge in [-0.05, 0) is 27.8 Å². The highest BCUT2D eigenvalue weighted by molar-refractivity contribution is 5.70. The average Bonchev–Trinajstić information content (AvgIpc) is 3.55. The molecule has 3 aliphatic heterocycles. The summed E-state index contributed by atoms with van der Waals surface area (Å²) >= 11 is 0. The molecule has 45 heavy (non-hydrogen) atoms. The first kappa shape index (κ1) is 31.4. The summed E-state index contributed by atoms with van der Waals surface area (Å²) in [5.41, 5.74) is 5.91. The summed E-state index contributed by atoms with van der Waals surface area (Å²) in [6.45, 7) is 8.04. The third-order valence-corrected chi connectivity index (χ3v) is 8.77. The molecule has 2 N–H and O–H groups in total. The summed E-state index contributed by atoms with van der Waals surface area (Å²) < 4.78 is 30.1. The van der Waals surface area contributed by atoms with Gasteiger partial charge in [0.2, 0.25) is 0 Å². The van der Waals surface area contributed by atoms with Crippen molar-refractivity contribution >= 4 is 6.09 Å². The number of hydrogen-bond acceptors (Lipinski definition) is 8. The molecule has 0 saturated carbocycles. The number of ether oxygens (including phenoxy) is 5. The maximum Gasteiger partial charge on any atom is 0.407 e. The van der Waals surface area contributed by atoms with Gasteiger partial charge in [-0.2, -0.15) is 0 Å². The van der Waals surface area contributed by atoms with Gasteiger partial charge in [-0.3, -0.25) is 0 Å². The number of nitrogens with one attached hydrogen (secondary N) is 1. The van der Waals surface area contributed by atoms with Gasteiger partial charge in [0.25, 0.3) is 0 Å². The molecule has 3 fully saturated rings. The molecule has 0 radical (unpaired) electrons. The van der Waals surface area contributed by atoms with Gasteiger partial charge in [0.1, 0.15) is 6.61 Å². The lowest BCUT2D eigenvalue weighted by atomic mass is 9.97. The van der Waals surface area contributed by atoms with Crippen LogP contribution in [-0.4, -0.2) is 67.4 Å². The Hall–Kier alpha value is -3.57. The highest BCUT2D eigenvalue weighted by atomic mass is 16.7. The second-order valence-corrected chi connectivity index (χ2v) is 11.8. The van der Waals surface area contributed by atoms with Crippen molar-refractivity contribution in [2.45, 2.75) is 56.7 Å². The highest BCUT2D eigenvalue weighted by Gasteiger charge is 2.41. The molecular formula is C36H42N2O7. The third-order valence-electron chi connectivity index (χ3n) is 8.77. The number of benzene rings is 3. The fourth-order valence-corrected chi connectivity index (χ4v) is 6.31. The second kappa shape index (κ2) is 14.7. The molecule has 238 valence electrons. The van der Waals surface area contributed by atoms with E-state index in [4.69, 9.17) is 23.7 Å². The Balaban J connectivity index is 1.16. The average molecular weight is 615 g/mol. The number of aliphatic hydroxyl groups is 1.